The first-order valence-corrected chi connectivity index (χ1v) is 7.24. The summed E-state index contributed by atoms with van der Waals surface area (Å²) in [7, 11) is 0. The lowest BCUT2D eigenvalue weighted by Gasteiger charge is -2.37. The third-order valence-corrected chi connectivity index (χ3v) is 3.79. The van der Waals surface area contributed by atoms with E-state index >= 15 is 0 Å². The Labute approximate surface area is 115 Å². The third-order valence-electron chi connectivity index (χ3n) is 3.79. The molecule has 0 radical (unpaired) electrons. The zero-order chi connectivity index (χ0) is 14.0. The van der Waals surface area contributed by atoms with Gasteiger partial charge in [0.05, 0.1) is 0 Å². The molecule has 1 aromatic carbocycles. The molecule has 3 atom stereocenters. The summed E-state index contributed by atoms with van der Waals surface area (Å²) in [5.74, 6) is 1.21. The normalized spacial score (nSPS) is 25.4. The van der Waals surface area contributed by atoms with E-state index in [2.05, 4.69) is 18.7 Å². The van der Waals surface area contributed by atoms with Crippen LogP contribution in [-0.4, -0.2) is 19.1 Å². The number of benzene rings is 1. The van der Waals surface area contributed by atoms with Gasteiger partial charge in [-0.25, -0.2) is 4.39 Å². The summed E-state index contributed by atoms with van der Waals surface area (Å²) in [5.41, 5.74) is 8.09. The van der Waals surface area contributed by atoms with Crippen LogP contribution in [0, 0.1) is 17.7 Å². The Balaban J connectivity index is 2.27. The molecule has 1 aliphatic rings. The average Bonchev–Trinajstić information content (AvgIpc) is 2.26. The van der Waals surface area contributed by atoms with Crippen molar-refractivity contribution in [1.82, 2.24) is 0 Å². The molecule has 0 bridgehead atoms. The Kier molecular flexibility index (Phi) is 4.46. The predicted octanol–water partition coefficient (Wildman–Crippen LogP) is 3.20. The number of hydrogen-bond donors (Lipinski definition) is 1. The second kappa shape index (κ2) is 5.91. The van der Waals surface area contributed by atoms with Crippen LogP contribution >= 0.6 is 0 Å². The predicted molar refractivity (Wildman–Crippen MR) is 78.9 cm³/mol. The molecule has 1 heterocycles. The van der Waals surface area contributed by atoms with Gasteiger partial charge >= 0.3 is 0 Å². The van der Waals surface area contributed by atoms with Gasteiger partial charge in [-0.1, -0.05) is 13.8 Å². The molecular weight excluding hydrogens is 239 g/mol. The fourth-order valence-corrected chi connectivity index (χ4v) is 3.23. The van der Waals surface area contributed by atoms with Crippen molar-refractivity contribution in [2.24, 2.45) is 17.6 Å². The first-order valence-electron chi connectivity index (χ1n) is 7.24. The van der Waals surface area contributed by atoms with Gasteiger partial charge in [-0.3, -0.25) is 0 Å². The lowest BCUT2D eigenvalue weighted by atomic mass is 9.90. The number of nitrogens with zero attached hydrogens (tertiary/aromatic N) is 1. The lowest BCUT2D eigenvalue weighted by molar-refractivity contribution is 0.356. The molecule has 1 saturated heterocycles. The highest BCUT2D eigenvalue weighted by Gasteiger charge is 2.23. The van der Waals surface area contributed by atoms with E-state index in [1.54, 1.807) is 12.1 Å². The molecule has 3 heteroatoms. The maximum atomic E-state index is 13.5. The fourth-order valence-electron chi connectivity index (χ4n) is 3.23. The quantitative estimate of drug-likeness (QED) is 0.908. The first-order chi connectivity index (χ1) is 8.95. The maximum Gasteiger partial charge on any atom is 0.123 e. The highest BCUT2D eigenvalue weighted by atomic mass is 19.1. The average molecular weight is 264 g/mol. The molecule has 0 aromatic heterocycles. The van der Waals surface area contributed by atoms with Gasteiger partial charge in [0.2, 0.25) is 0 Å². The molecule has 0 spiro atoms. The van der Waals surface area contributed by atoms with Crippen LogP contribution in [0.25, 0.3) is 0 Å². The molecule has 2 nitrogen and oxygen atoms in total. The zero-order valence-corrected chi connectivity index (χ0v) is 12.2. The fraction of sp³-hybridized carbons (Fsp3) is 0.625. The Morgan fingerprint density at radius 3 is 2.53 bits per heavy atom. The largest absolute Gasteiger partial charge is 0.371 e. The van der Waals surface area contributed by atoms with Gasteiger partial charge in [0.1, 0.15) is 5.82 Å². The van der Waals surface area contributed by atoms with Crippen LogP contribution < -0.4 is 10.6 Å². The minimum Gasteiger partial charge on any atom is -0.371 e. The molecule has 3 unspecified atom stereocenters. The second-order valence-corrected chi connectivity index (χ2v) is 6.31. The van der Waals surface area contributed by atoms with Gasteiger partial charge in [-0.15, -0.1) is 0 Å². The molecule has 0 amide bonds. The Hall–Kier alpha value is -1.09. The molecule has 0 saturated carbocycles. The number of piperidine rings is 1. The summed E-state index contributed by atoms with van der Waals surface area (Å²) >= 11 is 0. The molecule has 2 rings (SSSR count). The van der Waals surface area contributed by atoms with Crippen LogP contribution in [0.5, 0.6) is 0 Å². The topological polar surface area (TPSA) is 29.3 Å². The van der Waals surface area contributed by atoms with Gasteiger partial charge in [0.25, 0.3) is 0 Å². The summed E-state index contributed by atoms with van der Waals surface area (Å²) in [6, 6.07) is 5.17. The van der Waals surface area contributed by atoms with Gasteiger partial charge in [0, 0.05) is 24.8 Å². The molecule has 1 aromatic rings. The van der Waals surface area contributed by atoms with E-state index in [9.17, 15) is 4.39 Å². The maximum absolute atomic E-state index is 13.5. The van der Waals surface area contributed by atoms with E-state index in [1.807, 2.05) is 13.0 Å². The molecule has 1 fully saturated rings. The monoisotopic (exact) mass is 264 g/mol. The lowest BCUT2D eigenvalue weighted by Crippen LogP contribution is -2.39. The number of halogens is 1. The number of nitrogens with two attached hydrogens (primary N) is 1. The highest BCUT2D eigenvalue weighted by molar-refractivity contribution is 5.54. The van der Waals surface area contributed by atoms with Crippen molar-refractivity contribution in [2.75, 3.05) is 18.0 Å². The van der Waals surface area contributed by atoms with Crippen molar-refractivity contribution in [3.63, 3.8) is 0 Å². The Morgan fingerprint density at radius 1 is 1.32 bits per heavy atom. The van der Waals surface area contributed by atoms with E-state index < -0.39 is 0 Å². The molecule has 19 heavy (non-hydrogen) atoms. The van der Waals surface area contributed by atoms with Crippen molar-refractivity contribution in [3.05, 3.63) is 29.6 Å². The zero-order valence-electron chi connectivity index (χ0n) is 12.2. The molecule has 1 aliphatic heterocycles. The number of hydrogen-bond acceptors (Lipinski definition) is 2. The smallest absolute Gasteiger partial charge is 0.123 e. The summed E-state index contributed by atoms with van der Waals surface area (Å²) in [6.45, 7) is 8.66. The van der Waals surface area contributed by atoms with E-state index in [-0.39, 0.29) is 11.9 Å². The van der Waals surface area contributed by atoms with Crippen LogP contribution in [0.2, 0.25) is 0 Å². The van der Waals surface area contributed by atoms with E-state index in [1.165, 1.54) is 6.42 Å². The third kappa shape index (κ3) is 3.69. The van der Waals surface area contributed by atoms with Gasteiger partial charge < -0.3 is 10.6 Å². The summed E-state index contributed by atoms with van der Waals surface area (Å²) < 4.78 is 13.5. The van der Waals surface area contributed by atoms with Crippen LogP contribution in [0.3, 0.4) is 0 Å². The molecule has 0 aliphatic carbocycles. The number of rotatable bonds is 3. The number of anilines is 1. The first kappa shape index (κ1) is 14.3. The van der Waals surface area contributed by atoms with E-state index in [4.69, 9.17) is 5.73 Å². The summed E-state index contributed by atoms with van der Waals surface area (Å²) in [6.07, 6.45) is 2.01. The highest BCUT2D eigenvalue weighted by Crippen LogP contribution is 2.29. The standard InChI is InChI=1S/C16H25FN2/c1-11-6-12(2)10-19(9-11)16-5-4-15(17)8-14(16)7-13(3)18/h4-5,8,11-13H,6-7,9-10,18H2,1-3H3. The van der Waals surface area contributed by atoms with E-state index in [0.717, 1.165) is 30.8 Å². The van der Waals surface area contributed by atoms with Crippen molar-refractivity contribution in [3.8, 4) is 0 Å². The summed E-state index contributed by atoms with van der Waals surface area (Å²) in [4.78, 5) is 2.40. The molecular formula is C16H25FN2. The molecule has 106 valence electrons. The van der Waals surface area contributed by atoms with Crippen molar-refractivity contribution >= 4 is 5.69 Å². The van der Waals surface area contributed by atoms with Gasteiger partial charge in [-0.05, 0) is 55.4 Å². The minimum absolute atomic E-state index is 0.0557. The van der Waals surface area contributed by atoms with Crippen LogP contribution in [-0.2, 0) is 6.42 Å². The SMILES string of the molecule is CC(N)Cc1cc(F)ccc1N1CC(C)CC(C)C1. The minimum atomic E-state index is -0.169. The molecule has 2 N–H and O–H groups in total. The van der Waals surface area contributed by atoms with E-state index in [0.29, 0.717) is 11.8 Å². The Bertz CT molecular complexity index is 421. The van der Waals surface area contributed by atoms with Crippen LogP contribution in [0.4, 0.5) is 10.1 Å². The summed E-state index contributed by atoms with van der Waals surface area (Å²) in [5, 5.41) is 0. The van der Waals surface area contributed by atoms with Crippen molar-refractivity contribution in [1.29, 1.82) is 0 Å². The Morgan fingerprint density at radius 2 is 1.95 bits per heavy atom. The van der Waals surface area contributed by atoms with Crippen LogP contribution in [0.1, 0.15) is 32.8 Å². The van der Waals surface area contributed by atoms with Crippen molar-refractivity contribution < 1.29 is 4.39 Å². The van der Waals surface area contributed by atoms with Crippen molar-refractivity contribution in [2.45, 2.75) is 39.7 Å². The second-order valence-electron chi connectivity index (χ2n) is 6.31. The van der Waals surface area contributed by atoms with Gasteiger partial charge in [0.15, 0.2) is 0 Å². The van der Waals surface area contributed by atoms with Gasteiger partial charge in [-0.2, -0.15) is 0 Å². The van der Waals surface area contributed by atoms with Crippen LogP contribution in [0.15, 0.2) is 18.2 Å².